The molecule has 0 fully saturated rings. The monoisotopic (exact) mass is 298 g/mol. The molecule has 0 aromatic heterocycles. The smallest absolute Gasteiger partial charge is 0.262 e. The summed E-state index contributed by atoms with van der Waals surface area (Å²) < 4.78 is 0. The van der Waals surface area contributed by atoms with Gasteiger partial charge in [-0.1, -0.05) is 24.3 Å². The van der Waals surface area contributed by atoms with Crippen LogP contribution in [-0.2, 0) is 4.79 Å². The fraction of sp³-hybridized carbons (Fsp3) is 0.235. The van der Waals surface area contributed by atoms with Crippen LogP contribution >= 0.6 is 0 Å². The first kappa shape index (κ1) is 15.7. The number of nitrogens with zero attached hydrogens (tertiary/aromatic N) is 2. The lowest BCUT2D eigenvalue weighted by Gasteiger charge is -2.28. The standard InChI is InChI=1S/C17H18N2O3/c1-4-10-18(11-5-2)15(20)12(3)19-16(21)13-8-6-7-9-14(13)17(19)22/h4-9,12H,1-2,10-11H2,3H3. The first-order valence-corrected chi connectivity index (χ1v) is 7.00. The van der Waals surface area contributed by atoms with Gasteiger partial charge in [0.25, 0.3) is 11.8 Å². The second-order valence-corrected chi connectivity index (χ2v) is 5.02. The van der Waals surface area contributed by atoms with Gasteiger partial charge in [-0.2, -0.15) is 0 Å². The van der Waals surface area contributed by atoms with Crippen molar-refractivity contribution in [3.05, 3.63) is 60.7 Å². The van der Waals surface area contributed by atoms with Crippen molar-refractivity contribution in [2.45, 2.75) is 13.0 Å². The van der Waals surface area contributed by atoms with Crippen molar-refractivity contribution in [1.29, 1.82) is 0 Å². The summed E-state index contributed by atoms with van der Waals surface area (Å²) in [4.78, 5) is 39.8. The van der Waals surface area contributed by atoms with Crippen molar-refractivity contribution in [3.63, 3.8) is 0 Å². The molecule has 1 heterocycles. The zero-order valence-corrected chi connectivity index (χ0v) is 12.5. The Labute approximate surface area is 129 Å². The third-order valence-corrected chi connectivity index (χ3v) is 3.58. The highest BCUT2D eigenvalue weighted by atomic mass is 16.2. The van der Waals surface area contributed by atoms with Gasteiger partial charge >= 0.3 is 0 Å². The summed E-state index contributed by atoms with van der Waals surface area (Å²) in [7, 11) is 0. The van der Waals surface area contributed by atoms with E-state index < -0.39 is 17.9 Å². The van der Waals surface area contributed by atoms with Crippen molar-refractivity contribution in [3.8, 4) is 0 Å². The Balaban J connectivity index is 2.27. The summed E-state index contributed by atoms with van der Waals surface area (Å²) in [5.41, 5.74) is 0.678. The topological polar surface area (TPSA) is 57.7 Å². The molecule has 1 aliphatic rings. The van der Waals surface area contributed by atoms with Gasteiger partial charge in [0.15, 0.2) is 0 Å². The minimum Gasteiger partial charge on any atom is -0.333 e. The lowest BCUT2D eigenvalue weighted by atomic mass is 10.1. The minimum atomic E-state index is -0.868. The third kappa shape index (κ3) is 2.57. The second-order valence-electron chi connectivity index (χ2n) is 5.02. The Kier molecular flexibility index (Phi) is 4.56. The van der Waals surface area contributed by atoms with E-state index in [2.05, 4.69) is 13.2 Å². The molecule has 0 spiro atoms. The molecule has 0 bridgehead atoms. The predicted octanol–water partition coefficient (Wildman–Crippen LogP) is 1.87. The van der Waals surface area contributed by atoms with Crippen molar-refractivity contribution >= 4 is 17.7 Å². The molecular weight excluding hydrogens is 280 g/mol. The van der Waals surface area contributed by atoms with Gasteiger partial charge in [-0.3, -0.25) is 19.3 Å². The average Bonchev–Trinajstić information content (AvgIpc) is 2.78. The molecule has 0 saturated heterocycles. The highest BCUT2D eigenvalue weighted by Gasteiger charge is 2.41. The molecule has 2 rings (SSSR count). The van der Waals surface area contributed by atoms with E-state index >= 15 is 0 Å². The van der Waals surface area contributed by atoms with E-state index in [1.807, 2.05) is 0 Å². The van der Waals surface area contributed by atoms with Crippen LogP contribution in [0.5, 0.6) is 0 Å². The van der Waals surface area contributed by atoms with Crippen LogP contribution in [-0.4, -0.2) is 46.7 Å². The average molecular weight is 298 g/mol. The van der Waals surface area contributed by atoms with Crippen LogP contribution in [0.1, 0.15) is 27.6 Å². The molecule has 1 aromatic rings. The first-order chi connectivity index (χ1) is 10.5. The predicted molar refractivity (Wildman–Crippen MR) is 83.4 cm³/mol. The summed E-state index contributed by atoms with van der Waals surface area (Å²) >= 11 is 0. The third-order valence-electron chi connectivity index (χ3n) is 3.58. The van der Waals surface area contributed by atoms with E-state index in [4.69, 9.17) is 0 Å². The molecule has 22 heavy (non-hydrogen) atoms. The normalized spacial score (nSPS) is 14.5. The molecule has 0 aliphatic carbocycles. The van der Waals surface area contributed by atoms with E-state index in [0.29, 0.717) is 24.2 Å². The van der Waals surface area contributed by atoms with Crippen LogP contribution in [0.2, 0.25) is 0 Å². The molecule has 5 heteroatoms. The fourth-order valence-electron chi connectivity index (χ4n) is 2.50. The SMILES string of the molecule is C=CCN(CC=C)C(=O)C(C)N1C(=O)c2ccccc2C1=O. The maximum atomic E-state index is 12.5. The number of amides is 3. The van der Waals surface area contributed by atoms with Gasteiger partial charge in [0, 0.05) is 13.1 Å². The Bertz CT molecular complexity index is 606. The summed E-state index contributed by atoms with van der Waals surface area (Å²) in [6, 6.07) is 5.71. The van der Waals surface area contributed by atoms with Crippen molar-refractivity contribution in [2.24, 2.45) is 0 Å². The fourth-order valence-corrected chi connectivity index (χ4v) is 2.50. The largest absolute Gasteiger partial charge is 0.333 e. The number of fused-ring (bicyclic) bond motifs is 1. The van der Waals surface area contributed by atoms with E-state index in [9.17, 15) is 14.4 Å². The second kappa shape index (κ2) is 6.39. The van der Waals surface area contributed by atoms with E-state index in [0.717, 1.165) is 4.90 Å². The van der Waals surface area contributed by atoms with Gasteiger partial charge in [0.1, 0.15) is 6.04 Å². The van der Waals surface area contributed by atoms with E-state index in [1.165, 1.54) is 4.90 Å². The highest BCUT2D eigenvalue weighted by molar-refractivity contribution is 6.22. The number of rotatable bonds is 6. The maximum Gasteiger partial charge on any atom is 0.262 e. The van der Waals surface area contributed by atoms with E-state index in [-0.39, 0.29) is 5.91 Å². The van der Waals surface area contributed by atoms with Crippen molar-refractivity contribution in [2.75, 3.05) is 13.1 Å². The van der Waals surface area contributed by atoms with Crippen molar-refractivity contribution in [1.82, 2.24) is 9.80 Å². The number of hydrogen-bond donors (Lipinski definition) is 0. The molecule has 1 aromatic carbocycles. The lowest BCUT2D eigenvalue weighted by molar-refractivity contribution is -0.133. The Morgan fingerprint density at radius 2 is 1.59 bits per heavy atom. The maximum absolute atomic E-state index is 12.5. The molecule has 0 N–H and O–H groups in total. The Morgan fingerprint density at radius 1 is 1.14 bits per heavy atom. The zero-order chi connectivity index (χ0) is 16.3. The van der Waals surface area contributed by atoms with Gasteiger partial charge in [-0.05, 0) is 19.1 Å². The summed E-state index contributed by atoms with van der Waals surface area (Å²) in [6.45, 7) is 9.44. The molecule has 1 atom stereocenters. The van der Waals surface area contributed by atoms with Crippen LogP contribution in [0.25, 0.3) is 0 Å². The number of carbonyl (C=O) groups is 3. The molecule has 0 saturated carbocycles. The molecule has 3 amide bonds. The number of carbonyl (C=O) groups excluding carboxylic acids is 3. The summed E-state index contributed by atoms with van der Waals surface area (Å²) in [6.07, 6.45) is 3.19. The van der Waals surface area contributed by atoms with Gasteiger partial charge in [-0.25, -0.2) is 0 Å². The summed E-state index contributed by atoms with van der Waals surface area (Å²) in [5.74, 6) is -1.17. The molecule has 1 aliphatic heterocycles. The van der Waals surface area contributed by atoms with Crippen LogP contribution in [0.3, 0.4) is 0 Å². The number of hydrogen-bond acceptors (Lipinski definition) is 3. The molecule has 5 nitrogen and oxygen atoms in total. The van der Waals surface area contributed by atoms with Gasteiger partial charge in [0.2, 0.25) is 5.91 Å². The van der Waals surface area contributed by atoms with Gasteiger partial charge < -0.3 is 4.90 Å². The molecule has 1 unspecified atom stereocenters. The zero-order valence-electron chi connectivity index (χ0n) is 12.5. The van der Waals surface area contributed by atoms with Crippen LogP contribution in [0, 0.1) is 0 Å². The Hall–Kier alpha value is -2.69. The van der Waals surface area contributed by atoms with E-state index in [1.54, 1.807) is 43.3 Å². The van der Waals surface area contributed by atoms with Crippen LogP contribution in [0.15, 0.2) is 49.6 Å². The number of imide groups is 1. The van der Waals surface area contributed by atoms with Crippen LogP contribution in [0.4, 0.5) is 0 Å². The summed E-state index contributed by atoms with van der Waals surface area (Å²) in [5, 5.41) is 0. The molecular formula is C17H18N2O3. The van der Waals surface area contributed by atoms with Crippen LogP contribution < -0.4 is 0 Å². The first-order valence-electron chi connectivity index (χ1n) is 7.00. The van der Waals surface area contributed by atoms with Gasteiger partial charge in [0.05, 0.1) is 11.1 Å². The quantitative estimate of drug-likeness (QED) is 0.595. The molecule has 0 radical (unpaired) electrons. The van der Waals surface area contributed by atoms with Crippen molar-refractivity contribution < 1.29 is 14.4 Å². The molecule has 114 valence electrons. The lowest BCUT2D eigenvalue weighted by Crippen LogP contribution is -2.49. The Morgan fingerprint density at radius 3 is 2.00 bits per heavy atom. The number of benzene rings is 1. The highest BCUT2D eigenvalue weighted by Crippen LogP contribution is 2.25. The van der Waals surface area contributed by atoms with Gasteiger partial charge in [-0.15, -0.1) is 13.2 Å². The minimum absolute atomic E-state index is 0.311.